The van der Waals surface area contributed by atoms with E-state index in [1.54, 1.807) is 0 Å². The van der Waals surface area contributed by atoms with E-state index in [0.717, 1.165) is 32.0 Å². The van der Waals surface area contributed by atoms with E-state index in [1.165, 1.54) is 23.4 Å². The van der Waals surface area contributed by atoms with E-state index in [-0.39, 0.29) is 12.4 Å². The summed E-state index contributed by atoms with van der Waals surface area (Å²) in [6.45, 7) is 5.65. The number of hydrogen-bond donors (Lipinski definition) is 1. The Morgan fingerprint density at radius 2 is 2.22 bits per heavy atom. The van der Waals surface area contributed by atoms with E-state index in [4.69, 9.17) is 5.73 Å². The van der Waals surface area contributed by atoms with E-state index < -0.39 is 0 Å². The normalized spacial score (nSPS) is 29.0. The molecule has 1 saturated carbocycles. The summed E-state index contributed by atoms with van der Waals surface area (Å²) < 4.78 is 0. The van der Waals surface area contributed by atoms with Crippen LogP contribution in [0.1, 0.15) is 42.7 Å². The molecule has 1 saturated heterocycles. The van der Waals surface area contributed by atoms with Crippen LogP contribution in [0.5, 0.6) is 0 Å². The Kier molecular flexibility index (Phi) is 4.64. The molecule has 0 radical (unpaired) electrons. The smallest absolute Gasteiger partial charge is 0.0798 e. The summed E-state index contributed by atoms with van der Waals surface area (Å²) in [4.78, 5) is 8.59. The van der Waals surface area contributed by atoms with Crippen LogP contribution in [0.25, 0.3) is 0 Å². The summed E-state index contributed by atoms with van der Waals surface area (Å²) in [5.41, 5.74) is 9.47. The maximum Gasteiger partial charge on any atom is 0.0798 e. The molecule has 2 aliphatic rings. The van der Waals surface area contributed by atoms with Crippen molar-refractivity contribution >= 4 is 23.7 Å². The molecule has 2 unspecified atom stereocenters. The maximum atomic E-state index is 6.07. The molecule has 0 bridgehead atoms. The molecule has 0 spiro atoms. The van der Waals surface area contributed by atoms with Gasteiger partial charge in [-0.2, -0.15) is 0 Å². The van der Waals surface area contributed by atoms with Crippen LogP contribution in [-0.2, 0) is 6.54 Å². The van der Waals surface area contributed by atoms with Crippen molar-refractivity contribution < 1.29 is 0 Å². The van der Waals surface area contributed by atoms with Crippen LogP contribution in [0, 0.1) is 5.92 Å². The fourth-order valence-electron chi connectivity index (χ4n) is 2.68. The maximum absolute atomic E-state index is 6.07. The number of thiazole rings is 1. The minimum atomic E-state index is 0. The van der Waals surface area contributed by atoms with Crippen LogP contribution in [0.3, 0.4) is 0 Å². The molecule has 1 aliphatic carbocycles. The molecule has 3 rings (SSSR count). The van der Waals surface area contributed by atoms with Crippen molar-refractivity contribution in [1.29, 1.82) is 0 Å². The third kappa shape index (κ3) is 3.05. The van der Waals surface area contributed by atoms with Crippen molar-refractivity contribution in [1.82, 2.24) is 9.88 Å². The van der Waals surface area contributed by atoms with Crippen molar-refractivity contribution in [2.75, 3.05) is 13.1 Å². The summed E-state index contributed by atoms with van der Waals surface area (Å²) in [5.74, 6) is 1.40. The lowest BCUT2D eigenvalue weighted by Gasteiger charge is -2.34. The molecular weight excluding hydrogens is 266 g/mol. The first-order valence-electron chi connectivity index (χ1n) is 6.64. The molecule has 2 atom stereocenters. The summed E-state index contributed by atoms with van der Waals surface area (Å²) in [6.07, 6.45) is 3.83. The minimum Gasteiger partial charge on any atom is -0.327 e. The Morgan fingerprint density at radius 3 is 2.89 bits per heavy atom. The van der Waals surface area contributed by atoms with Crippen LogP contribution >= 0.6 is 23.7 Å². The zero-order valence-electron chi connectivity index (χ0n) is 10.8. The van der Waals surface area contributed by atoms with Crippen LogP contribution in [-0.4, -0.2) is 29.0 Å². The highest BCUT2D eigenvalue weighted by Gasteiger charge is 2.30. The SMILES string of the molecule is CC1CN(Cc2scnc2C2CC2)CCC1N.Cl. The Labute approximate surface area is 119 Å². The van der Waals surface area contributed by atoms with Gasteiger partial charge in [0.1, 0.15) is 0 Å². The van der Waals surface area contributed by atoms with Gasteiger partial charge in [-0.3, -0.25) is 4.90 Å². The van der Waals surface area contributed by atoms with E-state index in [9.17, 15) is 0 Å². The summed E-state index contributed by atoms with van der Waals surface area (Å²) >= 11 is 1.83. The van der Waals surface area contributed by atoms with Crippen molar-refractivity contribution in [2.24, 2.45) is 11.7 Å². The Morgan fingerprint density at radius 1 is 1.44 bits per heavy atom. The zero-order chi connectivity index (χ0) is 11.8. The van der Waals surface area contributed by atoms with Gasteiger partial charge in [0.2, 0.25) is 0 Å². The largest absolute Gasteiger partial charge is 0.327 e. The summed E-state index contributed by atoms with van der Waals surface area (Å²) in [5, 5.41) is 0. The molecule has 2 heterocycles. The number of likely N-dealkylation sites (tertiary alicyclic amines) is 1. The molecule has 1 aliphatic heterocycles. The first-order chi connectivity index (χ1) is 8.24. The molecule has 5 heteroatoms. The second-order valence-electron chi connectivity index (χ2n) is 5.60. The Balaban J connectivity index is 0.00000120. The second kappa shape index (κ2) is 5.87. The molecule has 2 N–H and O–H groups in total. The van der Waals surface area contributed by atoms with Gasteiger partial charge in [-0.05, 0) is 25.2 Å². The predicted molar refractivity (Wildman–Crippen MR) is 78.4 cm³/mol. The van der Waals surface area contributed by atoms with Gasteiger partial charge in [0.25, 0.3) is 0 Å². The lowest BCUT2D eigenvalue weighted by atomic mass is 9.95. The minimum absolute atomic E-state index is 0. The van der Waals surface area contributed by atoms with Crippen molar-refractivity contribution in [3.8, 4) is 0 Å². The fourth-order valence-corrected chi connectivity index (χ4v) is 3.57. The molecular formula is C13H22ClN3S. The van der Waals surface area contributed by atoms with Gasteiger partial charge >= 0.3 is 0 Å². The van der Waals surface area contributed by atoms with E-state index in [1.807, 2.05) is 16.8 Å². The number of hydrogen-bond acceptors (Lipinski definition) is 4. The van der Waals surface area contributed by atoms with Crippen LogP contribution in [0.4, 0.5) is 0 Å². The second-order valence-corrected chi connectivity index (χ2v) is 6.54. The molecule has 2 fully saturated rings. The monoisotopic (exact) mass is 287 g/mol. The average molecular weight is 288 g/mol. The number of piperidine rings is 1. The topological polar surface area (TPSA) is 42.2 Å². The van der Waals surface area contributed by atoms with Gasteiger partial charge in [0.15, 0.2) is 0 Å². The zero-order valence-corrected chi connectivity index (χ0v) is 12.5. The number of nitrogens with two attached hydrogens (primary N) is 1. The Bertz CT molecular complexity index is 391. The van der Waals surface area contributed by atoms with E-state index >= 15 is 0 Å². The van der Waals surface area contributed by atoms with Gasteiger partial charge in [0, 0.05) is 36.5 Å². The number of aromatic nitrogens is 1. The quantitative estimate of drug-likeness (QED) is 0.929. The molecule has 102 valence electrons. The lowest BCUT2D eigenvalue weighted by molar-refractivity contribution is 0.158. The first-order valence-corrected chi connectivity index (χ1v) is 7.52. The highest BCUT2D eigenvalue weighted by atomic mass is 35.5. The first kappa shape index (κ1) is 14.3. The lowest BCUT2D eigenvalue weighted by Crippen LogP contribution is -2.45. The van der Waals surface area contributed by atoms with Crippen molar-refractivity contribution in [2.45, 2.75) is 44.7 Å². The van der Waals surface area contributed by atoms with Crippen LogP contribution < -0.4 is 5.73 Å². The van der Waals surface area contributed by atoms with E-state index in [0.29, 0.717) is 12.0 Å². The molecule has 18 heavy (non-hydrogen) atoms. The molecule has 0 aromatic carbocycles. The van der Waals surface area contributed by atoms with Crippen LogP contribution in [0.2, 0.25) is 0 Å². The van der Waals surface area contributed by atoms with Gasteiger partial charge < -0.3 is 5.73 Å². The van der Waals surface area contributed by atoms with Gasteiger partial charge in [0.05, 0.1) is 11.2 Å². The number of nitrogens with zero attached hydrogens (tertiary/aromatic N) is 2. The summed E-state index contributed by atoms with van der Waals surface area (Å²) in [6, 6.07) is 0.399. The predicted octanol–water partition coefficient (Wildman–Crippen LogP) is 2.61. The van der Waals surface area contributed by atoms with Crippen molar-refractivity contribution in [3.05, 3.63) is 16.1 Å². The number of rotatable bonds is 3. The van der Waals surface area contributed by atoms with Gasteiger partial charge in [-0.15, -0.1) is 23.7 Å². The molecule has 3 nitrogen and oxygen atoms in total. The highest BCUT2D eigenvalue weighted by Crippen LogP contribution is 2.42. The third-order valence-corrected chi connectivity index (χ3v) is 4.89. The fraction of sp³-hybridized carbons (Fsp3) is 0.769. The van der Waals surface area contributed by atoms with Gasteiger partial charge in [-0.1, -0.05) is 6.92 Å². The molecule has 0 amide bonds. The van der Waals surface area contributed by atoms with E-state index in [2.05, 4.69) is 16.8 Å². The van der Waals surface area contributed by atoms with Crippen LogP contribution in [0.15, 0.2) is 5.51 Å². The standard InChI is InChI=1S/C13H21N3S.ClH/c1-9-6-16(5-4-11(9)14)7-12-13(10-2-3-10)15-8-17-12;/h8-11H,2-7,14H2,1H3;1H. The third-order valence-electron chi connectivity index (χ3n) is 4.06. The van der Waals surface area contributed by atoms with Crippen molar-refractivity contribution in [3.63, 3.8) is 0 Å². The molecule has 1 aromatic heterocycles. The Hall–Kier alpha value is -0.160. The van der Waals surface area contributed by atoms with Gasteiger partial charge in [-0.25, -0.2) is 4.98 Å². The molecule has 1 aromatic rings. The average Bonchev–Trinajstić information content (AvgIpc) is 3.05. The highest BCUT2D eigenvalue weighted by molar-refractivity contribution is 7.09. The number of halogens is 1. The summed E-state index contributed by atoms with van der Waals surface area (Å²) in [7, 11) is 0.